The van der Waals surface area contributed by atoms with Crippen molar-refractivity contribution in [2.45, 2.75) is 6.04 Å². The zero-order valence-electron chi connectivity index (χ0n) is 15.4. The fourth-order valence-corrected chi connectivity index (χ4v) is 3.70. The van der Waals surface area contributed by atoms with Crippen molar-refractivity contribution in [1.29, 1.82) is 0 Å². The summed E-state index contributed by atoms with van der Waals surface area (Å²) in [5.74, 6) is -0.124. The van der Waals surface area contributed by atoms with Crippen LogP contribution >= 0.6 is 0 Å². The number of ether oxygens (including phenoxy) is 1. The molecule has 0 unspecified atom stereocenters. The number of hydrogen-bond acceptors (Lipinski definition) is 5. The van der Waals surface area contributed by atoms with Crippen LogP contribution in [0.2, 0.25) is 0 Å². The molecule has 2 N–H and O–H groups in total. The predicted molar refractivity (Wildman–Crippen MR) is 101 cm³/mol. The molecule has 1 atom stereocenters. The fraction of sp³-hybridized carbons (Fsp3) is 0.300. The van der Waals surface area contributed by atoms with Gasteiger partial charge in [-0.1, -0.05) is 0 Å². The lowest BCUT2D eigenvalue weighted by molar-refractivity contribution is -0.144. The molecule has 28 heavy (non-hydrogen) atoms. The molecule has 146 valence electrons. The Morgan fingerprint density at radius 3 is 2.64 bits per heavy atom. The number of nitrogens with one attached hydrogen (secondary N) is 1. The number of carbonyl (C=O) groups excluding carboxylic acids is 1. The SMILES string of the molecule is COc1ccc2[nH]cc([C@H](C(=O)O)N3CCN(C(=O)c4ccco4)CC3)c2c1. The number of carboxylic acids is 1. The molecule has 8 heteroatoms. The molecule has 0 bridgehead atoms. The number of amides is 1. The molecule has 8 nitrogen and oxygen atoms in total. The number of benzene rings is 1. The van der Waals surface area contributed by atoms with Crippen LogP contribution in [0.3, 0.4) is 0 Å². The summed E-state index contributed by atoms with van der Waals surface area (Å²) in [5, 5.41) is 10.7. The van der Waals surface area contributed by atoms with Crippen LogP contribution in [0.15, 0.2) is 47.2 Å². The predicted octanol–water partition coefficient (Wildman–Crippen LogP) is 2.35. The van der Waals surface area contributed by atoms with Crippen molar-refractivity contribution >= 4 is 22.8 Å². The van der Waals surface area contributed by atoms with Crippen LogP contribution in [-0.2, 0) is 4.79 Å². The van der Waals surface area contributed by atoms with Crippen LogP contribution < -0.4 is 4.74 Å². The van der Waals surface area contributed by atoms with Gasteiger partial charge >= 0.3 is 5.97 Å². The number of aliphatic carboxylic acids is 1. The number of rotatable bonds is 5. The molecular formula is C20H21N3O5. The lowest BCUT2D eigenvalue weighted by Gasteiger charge is -2.37. The summed E-state index contributed by atoms with van der Waals surface area (Å²) in [5.41, 5.74) is 1.54. The third kappa shape index (κ3) is 3.22. The summed E-state index contributed by atoms with van der Waals surface area (Å²) in [4.78, 5) is 31.2. The molecule has 1 aliphatic heterocycles. The van der Waals surface area contributed by atoms with Gasteiger partial charge in [0.2, 0.25) is 0 Å². The number of nitrogens with zero attached hydrogens (tertiary/aromatic N) is 2. The van der Waals surface area contributed by atoms with Gasteiger partial charge in [0.05, 0.1) is 13.4 Å². The average Bonchev–Trinajstić information content (AvgIpc) is 3.38. The first kappa shape index (κ1) is 18.1. The highest BCUT2D eigenvalue weighted by Gasteiger charge is 2.33. The molecule has 1 saturated heterocycles. The Kier molecular flexibility index (Phi) is 4.79. The number of carboxylic acid groups (broad SMARTS) is 1. The normalized spacial score (nSPS) is 16.2. The van der Waals surface area contributed by atoms with Gasteiger partial charge in [0, 0.05) is 48.8 Å². The zero-order valence-corrected chi connectivity index (χ0v) is 15.4. The van der Waals surface area contributed by atoms with Gasteiger partial charge in [-0.15, -0.1) is 0 Å². The Morgan fingerprint density at radius 2 is 2.00 bits per heavy atom. The van der Waals surface area contributed by atoms with E-state index in [4.69, 9.17) is 9.15 Å². The molecule has 0 aliphatic carbocycles. The minimum Gasteiger partial charge on any atom is -0.497 e. The first-order chi connectivity index (χ1) is 13.6. The van der Waals surface area contributed by atoms with Gasteiger partial charge in [-0.05, 0) is 30.3 Å². The number of aromatic nitrogens is 1. The molecule has 1 fully saturated rings. The second kappa shape index (κ2) is 7.40. The molecule has 0 radical (unpaired) electrons. The molecule has 0 saturated carbocycles. The highest BCUT2D eigenvalue weighted by molar-refractivity contribution is 5.92. The maximum atomic E-state index is 12.4. The minimum absolute atomic E-state index is 0.173. The zero-order chi connectivity index (χ0) is 19.7. The fourth-order valence-electron chi connectivity index (χ4n) is 3.70. The Balaban J connectivity index is 1.55. The Morgan fingerprint density at radius 1 is 1.21 bits per heavy atom. The van der Waals surface area contributed by atoms with E-state index in [9.17, 15) is 14.7 Å². The number of piperazine rings is 1. The van der Waals surface area contributed by atoms with Gasteiger partial charge in [0.1, 0.15) is 11.8 Å². The summed E-state index contributed by atoms with van der Waals surface area (Å²) >= 11 is 0. The molecule has 3 aromatic rings. The maximum Gasteiger partial charge on any atom is 0.325 e. The van der Waals surface area contributed by atoms with Gasteiger partial charge in [0.25, 0.3) is 5.91 Å². The Hall–Kier alpha value is -3.26. The van der Waals surface area contributed by atoms with Crippen LogP contribution in [0.5, 0.6) is 5.75 Å². The van der Waals surface area contributed by atoms with Gasteiger partial charge in [-0.25, -0.2) is 0 Å². The summed E-state index contributed by atoms with van der Waals surface area (Å²) < 4.78 is 10.5. The minimum atomic E-state index is -0.922. The summed E-state index contributed by atoms with van der Waals surface area (Å²) in [7, 11) is 1.58. The van der Waals surface area contributed by atoms with Crippen LogP contribution in [0.25, 0.3) is 10.9 Å². The van der Waals surface area contributed by atoms with Crippen molar-refractivity contribution < 1.29 is 23.8 Å². The second-order valence-corrected chi connectivity index (χ2v) is 6.70. The highest BCUT2D eigenvalue weighted by Crippen LogP contribution is 2.31. The molecule has 1 aliphatic rings. The first-order valence-corrected chi connectivity index (χ1v) is 9.03. The van der Waals surface area contributed by atoms with Crippen LogP contribution in [0, 0.1) is 0 Å². The van der Waals surface area contributed by atoms with Gasteiger partial charge in [-0.3, -0.25) is 14.5 Å². The third-order valence-corrected chi connectivity index (χ3v) is 5.15. The number of carbonyl (C=O) groups is 2. The van der Waals surface area contributed by atoms with Gasteiger partial charge in [0.15, 0.2) is 5.76 Å². The first-order valence-electron chi connectivity index (χ1n) is 9.03. The van der Waals surface area contributed by atoms with Crippen molar-refractivity contribution in [2.75, 3.05) is 33.3 Å². The van der Waals surface area contributed by atoms with Crippen molar-refractivity contribution in [2.24, 2.45) is 0 Å². The van der Waals surface area contributed by atoms with Gasteiger partial charge < -0.3 is 24.1 Å². The number of fused-ring (bicyclic) bond motifs is 1. The third-order valence-electron chi connectivity index (χ3n) is 5.15. The number of furan rings is 1. The van der Waals surface area contributed by atoms with E-state index in [1.165, 1.54) is 6.26 Å². The topological polar surface area (TPSA) is 99.0 Å². The van der Waals surface area contributed by atoms with Crippen molar-refractivity contribution in [3.63, 3.8) is 0 Å². The van der Waals surface area contributed by atoms with E-state index in [1.54, 1.807) is 30.3 Å². The van der Waals surface area contributed by atoms with E-state index in [0.29, 0.717) is 43.3 Å². The number of aromatic amines is 1. The second-order valence-electron chi connectivity index (χ2n) is 6.70. The maximum absolute atomic E-state index is 12.4. The monoisotopic (exact) mass is 383 g/mol. The van der Waals surface area contributed by atoms with E-state index < -0.39 is 12.0 Å². The van der Waals surface area contributed by atoms with Crippen molar-refractivity contribution in [3.05, 3.63) is 54.1 Å². The summed E-state index contributed by atoms with van der Waals surface area (Å²) in [6.45, 7) is 1.80. The summed E-state index contributed by atoms with van der Waals surface area (Å²) in [6, 6.07) is 8.05. The number of methoxy groups -OCH3 is 1. The largest absolute Gasteiger partial charge is 0.497 e. The Bertz CT molecular complexity index is 987. The van der Waals surface area contributed by atoms with E-state index in [0.717, 1.165) is 10.9 Å². The van der Waals surface area contributed by atoms with Crippen LogP contribution in [0.1, 0.15) is 22.2 Å². The highest BCUT2D eigenvalue weighted by atomic mass is 16.5. The van der Waals surface area contributed by atoms with Gasteiger partial charge in [-0.2, -0.15) is 0 Å². The number of hydrogen-bond donors (Lipinski definition) is 2. The van der Waals surface area contributed by atoms with Crippen molar-refractivity contribution in [1.82, 2.24) is 14.8 Å². The van der Waals surface area contributed by atoms with Crippen molar-refractivity contribution in [3.8, 4) is 5.75 Å². The summed E-state index contributed by atoms with van der Waals surface area (Å²) in [6.07, 6.45) is 3.21. The van der Waals surface area contributed by atoms with E-state index in [1.807, 2.05) is 23.1 Å². The van der Waals surface area contributed by atoms with E-state index in [2.05, 4.69) is 4.98 Å². The standard InChI is InChI=1S/C20H21N3O5/c1-27-13-4-5-16-14(11-13)15(12-21-16)18(20(25)26)22-6-8-23(9-7-22)19(24)17-3-2-10-28-17/h2-5,10-12,18,21H,6-9H2,1H3,(H,25,26)/t18-/m1/s1. The molecule has 2 aromatic heterocycles. The quantitative estimate of drug-likeness (QED) is 0.702. The van der Waals surface area contributed by atoms with E-state index >= 15 is 0 Å². The van der Waals surface area contributed by atoms with Crippen LogP contribution in [-0.4, -0.2) is 65.1 Å². The molecule has 4 rings (SSSR count). The molecular weight excluding hydrogens is 362 g/mol. The van der Waals surface area contributed by atoms with E-state index in [-0.39, 0.29) is 5.91 Å². The average molecular weight is 383 g/mol. The molecule has 1 amide bonds. The molecule has 0 spiro atoms. The van der Waals surface area contributed by atoms with Crippen LogP contribution in [0.4, 0.5) is 0 Å². The number of H-pyrrole nitrogens is 1. The lowest BCUT2D eigenvalue weighted by atomic mass is 10.0. The Labute approximate surface area is 161 Å². The molecule has 3 heterocycles. The smallest absolute Gasteiger partial charge is 0.325 e. The molecule has 1 aromatic carbocycles. The lowest BCUT2D eigenvalue weighted by Crippen LogP contribution is -2.50.